The van der Waals surface area contributed by atoms with Crippen LogP contribution < -0.4 is 15.4 Å². The van der Waals surface area contributed by atoms with Gasteiger partial charge in [0.2, 0.25) is 0 Å². The van der Waals surface area contributed by atoms with E-state index in [1.165, 1.54) is 11.8 Å². The standard InChI is InChI=1S/C17H20N4O2/c1-3-8-19-17(22)15-11-21-16(12-20-15)18-9-7-13-5-4-6-14(10-13)23-2/h3-6,10-12H,1,7-9H2,2H3,(H,18,21)(H,19,22). The Balaban J connectivity index is 1.84. The summed E-state index contributed by atoms with van der Waals surface area (Å²) < 4.78 is 5.20. The van der Waals surface area contributed by atoms with Crippen molar-refractivity contribution in [3.05, 3.63) is 60.6 Å². The predicted octanol–water partition coefficient (Wildman–Crippen LogP) is 2.06. The molecule has 0 bridgehead atoms. The Kier molecular flexibility index (Phi) is 6.11. The number of nitrogens with zero attached hydrogens (tertiary/aromatic N) is 2. The van der Waals surface area contributed by atoms with Crippen molar-refractivity contribution in [2.24, 2.45) is 0 Å². The maximum absolute atomic E-state index is 11.7. The van der Waals surface area contributed by atoms with Gasteiger partial charge in [0, 0.05) is 13.1 Å². The lowest BCUT2D eigenvalue weighted by Crippen LogP contribution is -2.24. The summed E-state index contributed by atoms with van der Waals surface area (Å²) in [6.07, 6.45) is 5.45. The smallest absolute Gasteiger partial charge is 0.271 e. The van der Waals surface area contributed by atoms with Crippen LogP contribution in [-0.2, 0) is 6.42 Å². The Bertz CT molecular complexity index is 656. The highest BCUT2D eigenvalue weighted by atomic mass is 16.5. The highest BCUT2D eigenvalue weighted by Gasteiger charge is 2.06. The third kappa shape index (κ3) is 5.10. The summed E-state index contributed by atoms with van der Waals surface area (Å²) in [6, 6.07) is 7.92. The normalized spacial score (nSPS) is 9.96. The summed E-state index contributed by atoms with van der Waals surface area (Å²) in [6.45, 7) is 4.66. The van der Waals surface area contributed by atoms with Crippen LogP contribution in [0.2, 0.25) is 0 Å². The number of nitrogens with one attached hydrogen (secondary N) is 2. The lowest BCUT2D eigenvalue weighted by Gasteiger charge is -2.07. The van der Waals surface area contributed by atoms with E-state index >= 15 is 0 Å². The summed E-state index contributed by atoms with van der Waals surface area (Å²) in [4.78, 5) is 20.0. The van der Waals surface area contributed by atoms with Crippen molar-refractivity contribution < 1.29 is 9.53 Å². The molecule has 0 aliphatic heterocycles. The molecule has 0 fully saturated rings. The summed E-state index contributed by atoms with van der Waals surface area (Å²) in [5.74, 6) is 1.21. The maximum atomic E-state index is 11.7. The Hall–Kier alpha value is -2.89. The van der Waals surface area contributed by atoms with Gasteiger partial charge in [-0.2, -0.15) is 0 Å². The third-order valence-electron chi connectivity index (χ3n) is 3.15. The molecule has 0 spiro atoms. The third-order valence-corrected chi connectivity index (χ3v) is 3.15. The largest absolute Gasteiger partial charge is 0.497 e. The number of hydrogen-bond acceptors (Lipinski definition) is 5. The van der Waals surface area contributed by atoms with Gasteiger partial charge >= 0.3 is 0 Å². The van der Waals surface area contributed by atoms with Crippen molar-refractivity contribution in [3.63, 3.8) is 0 Å². The number of aromatic nitrogens is 2. The first-order valence-electron chi connectivity index (χ1n) is 7.31. The molecular formula is C17H20N4O2. The maximum Gasteiger partial charge on any atom is 0.271 e. The average Bonchev–Trinajstić information content (AvgIpc) is 2.60. The van der Waals surface area contributed by atoms with E-state index in [4.69, 9.17) is 4.74 Å². The highest BCUT2D eigenvalue weighted by molar-refractivity contribution is 5.92. The van der Waals surface area contributed by atoms with E-state index in [0.29, 0.717) is 18.9 Å². The predicted molar refractivity (Wildman–Crippen MR) is 89.7 cm³/mol. The van der Waals surface area contributed by atoms with Crippen LogP contribution in [-0.4, -0.2) is 36.1 Å². The SMILES string of the molecule is C=CCNC(=O)c1cnc(NCCc2cccc(OC)c2)cn1. The molecule has 0 aliphatic carbocycles. The van der Waals surface area contributed by atoms with Gasteiger partial charge in [-0.1, -0.05) is 18.2 Å². The summed E-state index contributed by atoms with van der Waals surface area (Å²) in [5.41, 5.74) is 1.45. The molecule has 2 N–H and O–H groups in total. The molecule has 0 saturated carbocycles. The van der Waals surface area contributed by atoms with Gasteiger partial charge in [-0.3, -0.25) is 4.79 Å². The quantitative estimate of drug-likeness (QED) is 0.730. The van der Waals surface area contributed by atoms with Crippen LogP contribution in [0.5, 0.6) is 5.75 Å². The van der Waals surface area contributed by atoms with Crippen molar-refractivity contribution in [2.45, 2.75) is 6.42 Å². The van der Waals surface area contributed by atoms with E-state index in [9.17, 15) is 4.79 Å². The summed E-state index contributed by atoms with van der Waals surface area (Å²) >= 11 is 0. The van der Waals surface area contributed by atoms with E-state index in [0.717, 1.165) is 12.2 Å². The number of benzene rings is 1. The first kappa shape index (κ1) is 16.5. The number of carbonyl (C=O) groups is 1. The Morgan fingerprint density at radius 1 is 1.35 bits per heavy atom. The first-order chi connectivity index (χ1) is 11.2. The Morgan fingerprint density at radius 3 is 2.91 bits per heavy atom. The van der Waals surface area contributed by atoms with Crippen LogP contribution >= 0.6 is 0 Å². The van der Waals surface area contributed by atoms with Crippen LogP contribution in [0.3, 0.4) is 0 Å². The Morgan fingerprint density at radius 2 is 2.22 bits per heavy atom. The molecule has 1 amide bonds. The van der Waals surface area contributed by atoms with E-state index in [-0.39, 0.29) is 11.6 Å². The lowest BCUT2D eigenvalue weighted by molar-refractivity contribution is 0.0952. The monoisotopic (exact) mass is 312 g/mol. The lowest BCUT2D eigenvalue weighted by atomic mass is 10.1. The number of rotatable bonds is 8. The summed E-state index contributed by atoms with van der Waals surface area (Å²) in [7, 11) is 1.65. The van der Waals surface area contributed by atoms with Crippen molar-refractivity contribution in [3.8, 4) is 5.75 Å². The minimum Gasteiger partial charge on any atom is -0.497 e. The fraction of sp³-hybridized carbons (Fsp3) is 0.235. The highest BCUT2D eigenvalue weighted by Crippen LogP contribution is 2.13. The van der Waals surface area contributed by atoms with Crippen LogP contribution in [0.15, 0.2) is 49.3 Å². The molecule has 1 aromatic carbocycles. The van der Waals surface area contributed by atoms with Gasteiger partial charge < -0.3 is 15.4 Å². The van der Waals surface area contributed by atoms with E-state index in [1.807, 2.05) is 24.3 Å². The number of anilines is 1. The molecular weight excluding hydrogens is 292 g/mol. The fourth-order valence-corrected chi connectivity index (χ4v) is 1.95. The second-order valence-corrected chi connectivity index (χ2v) is 4.81. The first-order valence-corrected chi connectivity index (χ1v) is 7.31. The van der Waals surface area contributed by atoms with E-state index < -0.39 is 0 Å². The van der Waals surface area contributed by atoms with Crippen molar-refractivity contribution in [1.29, 1.82) is 0 Å². The van der Waals surface area contributed by atoms with Gasteiger partial charge in [-0.15, -0.1) is 6.58 Å². The van der Waals surface area contributed by atoms with Gasteiger partial charge in [0.05, 0.1) is 19.5 Å². The molecule has 120 valence electrons. The number of ether oxygens (including phenoxy) is 1. The molecule has 2 aromatic rings. The molecule has 0 saturated heterocycles. The molecule has 0 radical (unpaired) electrons. The number of methoxy groups -OCH3 is 1. The van der Waals surface area contributed by atoms with Crippen LogP contribution in [0.25, 0.3) is 0 Å². The van der Waals surface area contributed by atoms with Gasteiger partial charge in [0.1, 0.15) is 17.3 Å². The van der Waals surface area contributed by atoms with Crippen molar-refractivity contribution in [2.75, 3.05) is 25.5 Å². The van der Waals surface area contributed by atoms with Crippen LogP contribution in [0.4, 0.5) is 5.82 Å². The van der Waals surface area contributed by atoms with Crippen molar-refractivity contribution in [1.82, 2.24) is 15.3 Å². The van der Waals surface area contributed by atoms with Gasteiger partial charge in [-0.05, 0) is 24.1 Å². The van der Waals surface area contributed by atoms with E-state index in [2.05, 4.69) is 27.2 Å². The van der Waals surface area contributed by atoms with Crippen molar-refractivity contribution >= 4 is 11.7 Å². The van der Waals surface area contributed by atoms with Gasteiger partial charge in [0.15, 0.2) is 0 Å². The zero-order valence-corrected chi connectivity index (χ0v) is 13.1. The zero-order chi connectivity index (χ0) is 16.5. The molecule has 0 aliphatic rings. The molecule has 1 heterocycles. The van der Waals surface area contributed by atoms with Gasteiger partial charge in [0.25, 0.3) is 5.91 Å². The molecule has 0 atom stereocenters. The minimum atomic E-state index is -0.264. The zero-order valence-electron chi connectivity index (χ0n) is 13.1. The average molecular weight is 312 g/mol. The van der Waals surface area contributed by atoms with Crippen LogP contribution in [0, 0.1) is 0 Å². The molecule has 23 heavy (non-hydrogen) atoms. The molecule has 6 nitrogen and oxygen atoms in total. The molecule has 1 aromatic heterocycles. The second-order valence-electron chi connectivity index (χ2n) is 4.81. The van der Waals surface area contributed by atoms with E-state index in [1.54, 1.807) is 19.4 Å². The number of hydrogen-bond donors (Lipinski definition) is 2. The molecule has 2 rings (SSSR count). The molecule has 0 unspecified atom stereocenters. The number of amides is 1. The molecule has 6 heteroatoms. The topological polar surface area (TPSA) is 76.1 Å². The minimum absolute atomic E-state index is 0.264. The van der Waals surface area contributed by atoms with Gasteiger partial charge in [-0.25, -0.2) is 9.97 Å². The second kappa shape index (κ2) is 8.53. The summed E-state index contributed by atoms with van der Waals surface area (Å²) in [5, 5.41) is 5.83. The Labute approximate surface area is 135 Å². The fourth-order valence-electron chi connectivity index (χ4n) is 1.95. The van der Waals surface area contributed by atoms with Crippen LogP contribution in [0.1, 0.15) is 16.1 Å². The number of carbonyl (C=O) groups excluding carboxylic acids is 1.